The first kappa shape index (κ1) is 66.5. The van der Waals surface area contributed by atoms with Crippen molar-refractivity contribution in [2.24, 2.45) is 0 Å². The Morgan fingerprint density at radius 2 is 0.809 bits per heavy atom. The number of likely N-dealkylation sites (N-methyl/N-ethyl adjacent to an activating group) is 1. The van der Waals surface area contributed by atoms with E-state index in [1.165, 1.54) is 205 Å². The van der Waals surface area contributed by atoms with Gasteiger partial charge in [-0.1, -0.05) is 242 Å². The van der Waals surface area contributed by atoms with Gasteiger partial charge >= 0.3 is 7.82 Å². The van der Waals surface area contributed by atoms with Crippen molar-refractivity contribution >= 4 is 13.7 Å². The first-order chi connectivity index (χ1) is 33.0. The van der Waals surface area contributed by atoms with Crippen LogP contribution in [0.25, 0.3) is 0 Å². The molecule has 0 saturated carbocycles. The van der Waals surface area contributed by atoms with E-state index in [0.29, 0.717) is 17.4 Å². The zero-order valence-corrected chi connectivity index (χ0v) is 46.5. The van der Waals surface area contributed by atoms with Crippen LogP contribution in [0.1, 0.15) is 271 Å². The van der Waals surface area contributed by atoms with E-state index in [0.717, 1.165) is 44.9 Å². The molecule has 0 aromatic heterocycles. The molecule has 400 valence electrons. The van der Waals surface area contributed by atoms with E-state index in [-0.39, 0.29) is 19.1 Å². The van der Waals surface area contributed by atoms with Crippen LogP contribution >= 0.6 is 7.82 Å². The van der Waals surface area contributed by atoms with Gasteiger partial charge in [0.2, 0.25) is 5.91 Å². The third-order valence-corrected chi connectivity index (χ3v) is 14.0. The van der Waals surface area contributed by atoms with Gasteiger partial charge in [0.25, 0.3) is 0 Å². The minimum Gasteiger partial charge on any atom is -0.387 e. The van der Waals surface area contributed by atoms with Crippen LogP contribution in [0.2, 0.25) is 0 Å². The van der Waals surface area contributed by atoms with Gasteiger partial charge in [0.05, 0.1) is 39.9 Å². The lowest BCUT2D eigenvalue weighted by molar-refractivity contribution is -0.870. The number of aliphatic hydroxyl groups is 1. The normalized spacial score (nSPS) is 14.3. The minimum absolute atomic E-state index is 0.0528. The van der Waals surface area contributed by atoms with Gasteiger partial charge in [-0.05, 0) is 70.6 Å². The van der Waals surface area contributed by atoms with Crippen molar-refractivity contribution in [2.75, 3.05) is 40.9 Å². The number of phosphoric acid groups is 1. The molecule has 0 heterocycles. The van der Waals surface area contributed by atoms with Crippen molar-refractivity contribution < 1.29 is 32.9 Å². The first-order valence-corrected chi connectivity index (χ1v) is 30.5. The summed E-state index contributed by atoms with van der Waals surface area (Å²) >= 11 is 0. The monoisotopic (exact) mass is 978 g/mol. The van der Waals surface area contributed by atoms with Crippen molar-refractivity contribution in [3.05, 3.63) is 48.6 Å². The smallest absolute Gasteiger partial charge is 0.387 e. The van der Waals surface area contributed by atoms with Crippen LogP contribution in [0.4, 0.5) is 0 Å². The summed E-state index contributed by atoms with van der Waals surface area (Å²) in [4.78, 5) is 23.3. The Labute approximate surface area is 422 Å². The standard InChI is InChI=1S/C59H113N2O6P/c1-6-8-10-12-14-16-18-20-22-24-26-27-28-29-30-31-32-33-35-36-38-40-42-44-46-48-50-52-58(62)57(56-67-68(64,65)66-55-54-61(3,4)5)60-59(63)53-51-49-47-45-43-41-39-37-34-25-23-21-19-17-15-13-11-9-7-2/h21,23,35-36,42,44,50,52,57-58,62H,6-20,22,24-34,37-41,43,45-49,51,53-56H2,1-5H3,(H-,60,63,64,65)/p+1/b23-21-,36-35+,44-42+,52-50+. The van der Waals surface area contributed by atoms with Crippen molar-refractivity contribution in [1.82, 2.24) is 5.32 Å². The van der Waals surface area contributed by atoms with Gasteiger partial charge in [0.1, 0.15) is 13.2 Å². The SMILES string of the molecule is CCCCCCCC/C=C\CCCCCCCCCCCC(=O)NC(COP(=O)(O)OCC[N+](C)(C)C)C(O)/C=C/CC/C=C/CC/C=C/CCCCCCCCCCCCCCCCCCC. The maximum absolute atomic E-state index is 13.0. The molecule has 0 spiro atoms. The van der Waals surface area contributed by atoms with Crippen LogP contribution in [0.5, 0.6) is 0 Å². The average Bonchev–Trinajstić information content (AvgIpc) is 3.30. The van der Waals surface area contributed by atoms with Gasteiger partial charge in [-0.3, -0.25) is 13.8 Å². The van der Waals surface area contributed by atoms with Gasteiger partial charge in [0.15, 0.2) is 0 Å². The van der Waals surface area contributed by atoms with E-state index in [9.17, 15) is 19.4 Å². The molecule has 0 bridgehead atoms. The predicted octanol–water partition coefficient (Wildman–Crippen LogP) is 17.5. The molecule has 3 N–H and O–H groups in total. The fraction of sp³-hybridized carbons (Fsp3) is 0.847. The summed E-state index contributed by atoms with van der Waals surface area (Å²) in [6.45, 7) is 4.81. The number of aliphatic hydroxyl groups excluding tert-OH is 1. The first-order valence-electron chi connectivity index (χ1n) is 29.0. The number of carbonyl (C=O) groups excluding carboxylic acids is 1. The summed E-state index contributed by atoms with van der Waals surface area (Å²) in [5, 5.41) is 13.9. The minimum atomic E-state index is -4.36. The van der Waals surface area contributed by atoms with E-state index in [4.69, 9.17) is 9.05 Å². The molecule has 1 amide bonds. The molecule has 0 aromatic rings. The average molecular weight is 979 g/mol. The Morgan fingerprint density at radius 3 is 1.18 bits per heavy atom. The molecule has 8 nitrogen and oxygen atoms in total. The largest absolute Gasteiger partial charge is 0.472 e. The van der Waals surface area contributed by atoms with Crippen molar-refractivity contribution in [3.8, 4) is 0 Å². The summed E-state index contributed by atoms with van der Waals surface area (Å²) in [7, 11) is 1.55. The molecule has 0 aromatic carbocycles. The summed E-state index contributed by atoms with van der Waals surface area (Å²) < 4.78 is 23.7. The van der Waals surface area contributed by atoms with Crippen LogP contribution in [-0.2, 0) is 18.4 Å². The number of phosphoric ester groups is 1. The molecule has 0 fully saturated rings. The number of hydrogen-bond acceptors (Lipinski definition) is 5. The molecule has 0 saturated heterocycles. The third-order valence-electron chi connectivity index (χ3n) is 13.0. The number of rotatable bonds is 53. The Morgan fingerprint density at radius 1 is 0.485 bits per heavy atom. The Hall–Kier alpha value is -1.54. The number of nitrogens with one attached hydrogen (secondary N) is 1. The molecule has 0 aliphatic rings. The maximum Gasteiger partial charge on any atom is 0.472 e. The molecule has 68 heavy (non-hydrogen) atoms. The number of amides is 1. The quantitative estimate of drug-likeness (QED) is 0.0243. The summed E-state index contributed by atoms with van der Waals surface area (Å²) in [5.41, 5.74) is 0. The molecule has 0 aliphatic carbocycles. The van der Waals surface area contributed by atoms with Crippen molar-refractivity contribution in [2.45, 2.75) is 283 Å². The topological polar surface area (TPSA) is 105 Å². The summed E-state index contributed by atoms with van der Waals surface area (Å²) in [5.74, 6) is -0.192. The van der Waals surface area contributed by atoms with E-state index >= 15 is 0 Å². The Kier molecular flexibility index (Phi) is 49.3. The number of carbonyl (C=O) groups is 1. The highest BCUT2D eigenvalue weighted by Gasteiger charge is 2.27. The highest BCUT2D eigenvalue weighted by Crippen LogP contribution is 2.43. The number of nitrogens with zero attached hydrogens (tertiary/aromatic N) is 1. The fourth-order valence-corrected chi connectivity index (χ4v) is 9.16. The molecule has 3 unspecified atom stereocenters. The van der Waals surface area contributed by atoms with Crippen LogP contribution < -0.4 is 5.32 Å². The van der Waals surface area contributed by atoms with Crippen LogP contribution in [0.15, 0.2) is 48.6 Å². The lowest BCUT2D eigenvalue weighted by Gasteiger charge is -2.25. The molecule has 0 radical (unpaired) electrons. The van der Waals surface area contributed by atoms with E-state index in [1.807, 2.05) is 27.2 Å². The molecule has 0 rings (SSSR count). The van der Waals surface area contributed by atoms with Crippen LogP contribution in [-0.4, -0.2) is 73.4 Å². The van der Waals surface area contributed by atoms with Crippen LogP contribution in [0.3, 0.4) is 0 Å². The molecular weight excluding hydrogens is 864 g/mol. The summed E-state index contributed by atoms with van der Waals surface area (Å²) in [6.07, 6.45) is 66.5. The Balaban J connectivity index is 4.27. The predicted molar refractivity (Wildman–Crippen MR) is 295 cm³/mol. The van der Waals surface area contributed by atoms with E-state index in [1.54, 1.807) is 6.08 Å². The van der Waals surface area contributed by atoms with E-state index < -0.39 is 20.0 Å². The second-order valence-corrected chi connectivity index (χ2v) is 22.4. The van der Waals surface area contributed by atoms with Crippen LogP contribution in [0, 0.1) is 0 Å². The Bertz CT molecular complexity index is 1250. The number of allylic oxidation sites excluding steroid dienone is 7. The number of unbranched alkanes of at least 4 members (excludes halogenated alkanes) is 34. The third kappa shape index (κ3) is 52.3. The number of quaternary nitrogens is 1. The van der Waals surface area contributed by atoms with Gasteiger partial charge in [-0.2, -0.15) is 0 Å². The van der Waals surface area contributed by atoms with E-state index in [2.05, 4.69) is 55.6 Å². The zero-order chi connectivity index (χ0) is 49.9. The molecular formula is C59H114N2O6P+. The maximum atomic E-state index is 13.0. The van der Waals surface area contributed by atoms with Gasteiger partial charge in [-0.15, -0.1) is 0 Å². The fourth-order valence-electron chi connectivity index (χ4n) is 8.42. The molecule has 0 aliphatic heterocycles. The van der Waals surface area contributed by atoms with Gasteiger partial charge in [-0.25, -0.2) is 4.57 Å². The summed E-state index contributed by atoms with van der Waals surface area (Å²) in [6, 6.07) is -0.872. The van der Waals surface area contributed by atoms with Crippen molar-refractivity contribution in [3.63, 3.8) is 0 Å². The number of hydrogen-bond donors (Lipinski definition) is 3. The zero-order valence-electron chi connectivity index (χ0n) is 45.6. The highest BCUT2D eigenvalue weighted by atomic mass is 31.2. The molecule has 9 heteroatoms. The second-order valence-electron chi connectivity index (χ2n) is 21.0. The van der Waals surface area contributed by atoms with Gasteiger partial charge < -0.3 is 19.8 Å². The molecule has 3 atom stereocenters. The lowest BCUT2D eigenvalue weighted by atomic mass is 10.0. The lowest BCUT2D eigenvalue weighted by Crippen LogP contribution is -2.45. The van der Waals surface area contributed by atoms with Gasteiger partial charge in [0, 0.05) is 6.42 Å². The second kappa shape index (κ2) is 50.4. The van der Waals surface area contributed by atoms with Crippen molar-refractivity contribution in [1.29, 1.82) is 0 Å². The highest BCUT2D eigenvalue weighted by molar-refractivity contribution is 7.47.